The number of hydrogen-bond donors (Lipinski definition) is 7. The van der Waals surface area contributed by atoms with Crippen LogP contribution in [0.25, 0.3) is 10.9 Å². The van der Waals surface area contributed by atoms with Crippen LogP contribution in [0.2, 0.25) is 0 Å². The minimum atomic E-state index is -4.19. The number of methoxy groups -OCH3 is 1. The maximum absolute atomic E-state index is 14.2. The van der Waals surface area contributed by atoms with E-state index in [1.54, 1.807) is 43.3 Å². The molecule has 16 heteroatoms. The monoisotopic (exact) mass is 844 g/mol. The van der Waals surface area contributed by atoms with Crippen LogP contribution < -0.4 is 36.5 Å². The van der Waals surface area contributed by atoms with Gasteiger partial charge in [-0.15, -0.1) is 0 Å². The van der Waals surface area contributed by atoms with E-state index in [2.05, 4.69) is 26.3 Å². The molecule has 6 aromatic rings. The van der Waals surface area contributed by atoms with Crippen LogP contribution in [-0.4, -0.2) is 68.1 Å². The van der Waals surface area contributed by atoms with E-state index < -0.39 is 27.8 Å². The van der Waals surface area contributed by atoms with Gasteiger partial charge in [-0.2, -0.15) is 0 Å². The molecule has 8 N–H and O–H groups in total. The molecule has 3 amide bonds. The number of nitrogens with zero attached hydrogens (tertiary/aromatic N) is 1. The third kappa shape index (κ3) is 9.11. The van der Waals surface area contributed by atoms with Crippen molar-refractivity contribution in [3.05, 3.63) is 131 Å². The van der Waals surface area contributed by atoms with Gasteiger partial charge in [0.15, 0.2) is 12.4 Å². The number of hydrogen-bond acceptors (Lipinski definition) is 12. The zero-order valence-electron chi connectivity index (χ0n) is 33.5. The lowest BCUT2D eigenvalue weighted by Gasteiger charge is -2.24. The molecule has 15 nitrogen and oxygen atoms in total. The molecule has 314 valence electrons. The van der Waals surface area contributed by atoms with Gasteiger partial charge in [0.05, 0.1) is 39.8 Å². The second-order valence-electron chi connectivity index (χ2n) is 14.6. The summed E-state index contributed by atoms with van der Waals surface area (Å²) < 4.78 is 39.2. The number of nitrogens with two attached hydrogens (primary N) is 1. The highest BCUT2D eigenvalue weighted by Gasteiger charge is 2.26. The summed E-state index contributed by atoms with van der Waals surface area (Å²) in [6.07, 6.45) is 1.89. The molecule has 0 unspecified atom stereocenters. The van der Waals surface area contributed by atoms with Crippen molar-refractivity contribution in [3.63, 3.8) is 0 Å². The number of ether oxygens (including phenoxy) is 2. The molecule has 1 aliphatic rings. The Kier molecular flexibility index (Phi) is 12.2. The Balaban J connectivity index is 1.01. The van der Waals surface area contributed by atoms with Crippen molar-refractivity contribution in [1.29, 1.82) is 0 Å². The highest BCUT2D eigenvalue weighted by atomic mass is 32.2. The van der Waals surface area contributed by atoms with Gasteiger partial charge in [-0.25, -0.2) is 8.42 Å². The van der Waals surface area contributed by atoms with Crippen molar-refractivity contribution in [1.82, 2.24) is 10.3 Å². The molecule has 0 radical (unpaired) electrons. The van der Waals surface area contributed by atoms with Crippen LogP contribution in [0, 0.1) is 13.8 Å². The van der Waals surface area contributed by atoms with Gasteiger partial charge in [-0.1, -0.05) is 18.2 Å². The molecule has 0 bridgehead atoms. The second-order valence-corrected chi connectivity index (χ2v) is 16.5. The lowest BCUT2D eigenvalue weighted by Crippen LogP contribution is -2.28. The number of fused-ring (bicyclic) bond motifs is 2. The topological polar surface area (TPSA) is 231 Å². The fourth-order valence-corrected chi connectivity index (χ4v) is 8.58. The summed E-state index contributed by atoms with van der Waals surface area (Å²) in [5.41, 5.74) is 11.0. The number of phenolic OH excluding ortho intramolecular Hbond substituents is 1. The van der Waals surface area contributed by atoms with Crippen LogP contribution in [-0.2, 0) is 21.1 Å². The first kappa shape index (κ1) is 42.1. The highest BCUT2D eigenvalue weighted by molar-refractivity contribution is 7.91. The normalized spacial score (nSPS) is 12.8. The largest absolute Gasteiger partial charge is 0.506 e. The highest BCUT2D eigenvalue weighted by Crippen LogP contribution is 2.41. The first-order valence-electron chi connectivity index (χ1n) is 19.3. The molecule has 5 aromatic carbocycles. The lowest BCUT2D eigenvalue weighted by atomic mass is 10.0. The van der Waals surface area contributed by atoms with Gasteiger partial charge in [-0.3, -0.25) is 19.4 Å². The molecule has 1 atom stereocenters. The van der Waals surface area contributed by atoms with E-state index >= 15 is 0 Å². The molecule has 61 heavy (non-hydrogen) atoms. The molecular weight excluding hydrogens is 801 g/mol. The Morgan fingerprint density at radius 1 is 0.967 bits per heavy atom. The number of aliphatic hydroxyl groups is 1. The molecule has 2 heterocycles. The van der Waals surface area contributed by atoms with Crippen LogP contribution in [0.3, 0.4) is 0 Å². The summed E-state index contributed by atoms with van der Waals surface area (Å²) in [5, 5.41) is 33.1. The van der Waals surface area contributed by atoms with Crippen molar-refractivity contribution >= 4 is 61.2 Å². The standard InChI is InChI=1S/C45H44N6O9S/c1-25-17-30(13-12-27(25)8-6-16-47-23-38(53)34-14-15-37(52)42-43(34)60-24-39(54)51-42)50-45(56)28-7-4-11-32(19-28)61(57,58)33-18-26(2)40-35(21-33)41(36(22-48-40)44(46)55)49-29-9-5-10-31(20-29)59-3/h4-5,7,9-15,17-22,38,47,52-53H,6,8,16,23-24H2,1-3H3,(H2,46,55)(H,48,49)(H,50,56)(H,51,54)/t38-/m0/s1. The zero-order valence-corrected chi connectivity index (χ0v) is 34.4. The number of anilines is 4. The Morgan fingerprint density at radius 3 is 2.54 bits per heavy atom. The molecule has 7 rings (SSSR count). The molecule has 0 fully saturated rings. The van der Waals surface area contributed by atoms with Gasteiger partial charge in [0.1, 0.15) is 17.2 Å². The summed E-state index contributed by atoms with van der Waals surface area (Å²) >= 11 is 0. The van der Waals surface area contributed by atoms with Gasteiger partial charge in [-0.05, 0) is 117 Å². The van der Waals surface area contributed by atoms with Gasteiger partial charge in [0.2, 0.25) is 9.84 Å². The Morgan fingerprint density at radius 2 is 1.77 bits per heavy atom. The molecule has 1 aromatic heterocycles. The predicted octanol–water partition coefficient (Wildman–Crippen LogP) is 6.08. The zero-order chi connectivity index (χ0) is 43.4. The van der Waals surface area contributed by atoms with E-state index in [4.69, 9.17) is 15.2 Å². The quantitative estimate of drug-likeness (QED) is 0.0461. The van der Waals surface area contributed by atoms with Crippen LogP contribution in [0.1, 0.15) is 55.5 Å². The summed E-state index contributed by atoms with van der Waals surface area (Å²) in [7, 11) is -2.66. The number of carbonyl (C=O) groups excluding carboxylic acids is 3. The van der Waals surface area contributed by atoms with Crippen LogP contribution in [0.15, 0.2) is 107 Å². The van der Waals surface area contributed by atoms with Gasteiger partial charge in [0, 0.05) is 46.7 Å². The predicted molar refractivity (Wildman–Crippen MR) is 231 cm³/mol. The fraction of sp³-hybridized carbons (Fsp3) is 0.200. The Hall–Kier alpha value is -7.01. The van der Waals surface area contributed by atoms with Gasteiger partial charge >= 0.3 is 0 Å². The number of rotatable bonds is 15. The number of sulfone groups is 1. The van der Waals surface area contributed by atoms with Crippen molar-refractivity contribution in [2.24, 2.45) is 5.73 Å². The lowest BCUT2D eigenvalue weighted by molar-refractivity contribution is -0.118. The van der Waals surface area contributed by atoms with Crippen LogP contribution in [0.5, 0.6) is 17.2 Å². The fourth-order valence-electron chi connectivity index (χ4n) is 7.16. The smallest absolute Gasteiger partial charge is 0.262 e. The van der Waals surface area contributed by atoms with Gasteiger partial charge < -0.3 is 46.7 Å². The first-order valence-corrected chi connectivity index (χ1v) is 20.8. The molecule has 0 spiro atoms. The molecule has 0 saturated heterocycles. The molecule has 0 aliphatic carbocycles. The third-order valence-electron chi connectivity index (χ3n) is 10.3. The minimum absolute atomic E-state index is 0.0634. The summed E-state index contributed by atoms with van der Waals surface area (Å²) in [5.74, 6) is -0.960. The Labute approximate surface area is 351 Å². The second kappa shape index (κ2) is 17.7. The number of aromatic hydroxyl groups is 1. The number of amides is 3. The minimum Gasteiger partial charge on any atom is -0.506 e. The molecular formula is C45H44N6O9S. The summed E-state index contributed by atoms with van der Waals surface area (Å²) in [4.78, 5) is 42.0. The van der Waals surface area contributed by atoms with Crippen molar-refractivity contribution in [2.75, 3.05) is 42.8 Å². The van der Waals surface area contributed by atoms with Crippen LogP contribution >= 0.6 is 0 Å². The average molecular weight is 845 g/mol. The molecule has 0 saturated carbocycles. The SMILES string of the molecule is COc1cccc(Nc2c(C(N)=O)cnc3c(C)cc(S(=O)(=O)c4cccc(C(=O)Nc5ccc(CCCNC[C@H](O)c6ccc(O)c7c6OCC(=O)N7)c(C)c5)c4)cc23)c1. The van der Waals surface area contributed by atoms with E-state index in [1.807, 2.05) is 19.1 Å². The van der Waals surface area contributed by atoms with Crippen molar-refractivity contribution in [3.8, 4) is 17.2 Å². The number of aromatic nitrogens is 1. The summed E-state index contributed by atoms with van der Waals surface area (Å²) in [6.45, 7) is 4.27. The van der Waals surface area contributed by atoms with E-state index in [0.717, 1.165) is 24.0 Å². The molecule has 1 aliphatic heterocycles. The van der Waals surface area contributed by atoms with E-state index in [0.29, 0.717) is 45.7 Å². The van der Waals surface area contributed by atoms with Gasteiger partial charge in [0.25, 0.3) is 17.7 Å². The first-order chi connectivity index (χ1) is 29.2. The number of nitrogens with one attached hydrogen (secondary N) is 4. The van der Waals surface area contributed by atoms with Crippen molar-refractivity contribution < 1.29 is 42.5 Å². The summed E-state index contributed by atoms with van der Waals surface area (Å²) in [6, 6.07) is 24.3. The maximum Gasteiger partial charge on any atom is 0.262 e. The van der Waals surface area contributed by atoms with Crippen LogP contribution in [0.4, 0.5) is 22.7 Å². The van der Waals surface area contributed by atoms with Crippen molar-refractivity contribution in [2.45, 2.75) is 42.6 Å². The number of benzene rings is 5. The Bertz CT molecular complexity index is 2810. The average Bonchev–Trinajstić information content (AvgIpc) is 3.24. The third-order valence-corrected chi connectivity index (χ3v) is 12.1. The van der Waals surface area contributed by atoms with E-state index in [-0.39, 0.29) is 62.9 Å². The number of carbonyl (C=O) groups is 3. The number of aliphatic hydroxyl groups excluding tert-OH is 1. The number of phenols is 1. The number of primary amides is 1. The number of aryl methyl sites for hydroxylation is 3. The van der Waals surface area contributed by atoms with E-state index in [9.17, 15) is 33.0 Å². The maximum atomic E-state index is 14.2. The van der Waals surface area contributed by atoms with E-state index in [1.165, 1.54) is 55.8 Å². The number of pyridine rings is 1.